The first-order valence-electron chi connectivity index (χ1n) is 6.32. The highest BCUT2D eigenvalue weighted by Crippen LogP contribution is 2.41. The van der Waals surface area contributed by atoms with Crippen LogP contribution in [0, 0.1) is 0 Å². The maximum Gasteiger partial charge on any atom is 0.438 e. The highest BCUT2D eigenvalue weighted by molar-refractivity contribution is 7.10. The van der Waals surface area contributed by atoms with Gasteiger partial charge in [-0.25, -0.2) is 0 Å². The molecule has 1 aromatic rings. The van der Waals surface area contributed by atoms with E-state index in [4.69, 9.17) is 0 Å². The Balaban J connectivity index is 2.36. The minimum Gasteiger partial charge on any atom is -0.362 e. The molecule has 1 aromatic heterocycles. The second kappa shape index (κ2) is 5.10. The molecule has 4 nitrogen and oxygen atoms in total. The van der Waals surface area contributed by atoms with Gasteiger partial charge in [-0.1, -0.05) is 13.8 Å². The van der Waals surface area contributed by atoms with Gasteiger partial charge in [0.25, 0.3) is 11.6 Å². The Kier molecular flexibility index (Phi) is 3.88. The number of amides is 1. The zero-order valence-electron chi connectivity index (χ0n) is 11.7. The Bertz CT molecular complexity index is 594. The topological polar surface area (TPSA) is 52.9 Å². The normalized spacial score (nSPS) is 22.9. The van der Waals surface area contributed by atoms with E-state index in [9.17, 15) is 23.1 Å². The predicted octanol–water partition coefficient (Wildman–Crippen LogP) is 3.34. The van der Waals surface area contributed by atoms with Crippen molar-refractivity contribution in [3.63, 3.8) is 0 Å². The molecule has 0 saturated heterocycles. The van der Waals surface area contributed by atoms with Crippen molar-refractivity contribution in [1.82, 2.24) is 5.01 Å². The van der Waals surface area contributed by atoms with Gasteiger partial charge in [-0.3, -0.25) is 4.79 Å². The molecule has 1 N–H and O–H groups in total. The number of halogens is 3. The van der Waals surface area contributed by atoms with Crippen molar-refractivity contribution in [3.05, 3.63) is 21.9 Å². The highest BCUT2D eigenvalue weighted by atomic mass is 32.1. The van der Waals surface area contributed by atoms with E-state index < -0.39 is 24.2 Å². The minimum atomic E-state index is -4.97. The zero-order valence-corrected chi connectivity index (χ0v) is 12.5. The van der Waals surface area contributed by atoms with Gasteiger partial charge < -0.3 is 5.11 Å². The van der Waals surface area contributed by atoms with Crippen molar-refractivity contribution in [2.45, 2.75) is 45.0 Å². The molecule has 0 unspecified atom stereocenters. The molecule has 1 aliphatic heterocycles. The average molecular weight is 320 g/mol. The molecule has 0 aromatic carbocycles. The number of aliphatic hydroxyl groups is 1. The van der Waals surface area contributed by atoms with Crippen LogP contribution in [0.4, 0.5) is 13.2 Å². The molecule has 21 heavy (non-hydrogen) atoms. The molecule has 0 spiro atoms. The molecule has 1 aliphatic rings. The van der Waals surface area contributed by atoms with Gasteiger partial charge in [-0.2, -0.15) is 23.3 Å². The lowest BCUT2D eigenvalue weighted by molar-refractivity contribution is -0.297. The average Bonchev–Trinajstić information content (AvgIpc) is 2.93. The number of hydrazone groups is 1. The fourth-order valence-corrected chi connectivity index (χ4v) is 2.94. The Labute approximate surface area is 123 Å². The monoisotopic (exact) mass is 320 g/mol. The second-order valence-electron chi connectivity index (χ2n) is 5.34. The maximum atomic E-state index is 13.1. The fourth-order valence-electron chi connectivity index (χ4n) is 2.04. The number of carbonyl (C=O) groups is 1. The van der Waals surface area contributed by atoms with Crippen LogP contribution in [-0.4, -0.2) is 33.6 Å². The van der Waals surface area contributed by atoms with E-state index >= 15 is 0 Å². The summed E-state index contributed by atoms with van der Waals surface area (Å²) in [5.74, 6) is -0.781. The van der Waals surface area contributed by atoms with Gasteiger partial charge in [-0.05, 0) is 18.9 Å². The number of rotatable bonds is 2. The van der Waals surface area contributed by atoms with Crippen molar-refractivity contribution >= 4 is 23.0 Å². The first kappa shape index (κ1) is 16.0. The zero-order chi connectivity index (χ0) is 16.0. The number of hydrogen-bond donors (Lipinski definition) is 1. The summed E-state index contributed by atoms with van der Waals surface area (Å²) in [7, 11) is 0. The molecular formula is C13H15F3N2O2S. The van der Waals surface area contributed by atoms with Gasteiger partial charge in [0.15, 0.2) is 0 Å². The molecule has 2 heterocycles. The van der Waals surface area contributed by atoms with Gasteiger partial charge in [0.05, 0.1) is 5.56 Å². The molecule has 2 rings (SSSR count). The molecule has 0 bridgehead atoms. The van der Waals surface area contributed by atoms with Crippen LogP contribution >= 0.6 is 11.3 Å². The largest absolute Gasteiger partial charge is 0.438 e. The van der Waals surface area contributed by atoms with Gasteiger partial charge >= 0.3 is 6.18 Å². The minimum absolute atomic E-state index is 0.0579. The molecule has 1 amide bonds. The molecule has 0 fully saturated rings. The van der Waals surface area contributed by atoms with Crippen LogP contribution in [0.2, 0.25) is 0 Å². The summed E-state index contributed by atoms with van der Waals surface area (Å²) in [5.41, 5.74) is -3.11. The number of hydrogen-bond acceptors (Lipinski definition) is 4. The second-order valence-corrected chi connectivity index (χ2v) is 6.28. The molecular weight excluding hydrogens is 305 g/mol. The summed E-state index contributed by atoms with van der Waals surface area (Å²) in [4.78, 5) is 13.1. The summed E-state index contributed by atoms with van der Waals surface area (Å²) < 4.78 is 39.2. The lowest BCUT2D eigenvalue weighted by atomic mass is 10.1. The van der Waals surface area contributed by atoms with Crippen LogP contribution in [0.5, 0.6) is 0 Å². The van der Waals surface area contributed by atoms with E-state index in [1.165, 1.54) is 29.7 Å². The predicted molar refractivity (Wildman–Crippen MR) is 73.3 cm³/mol. The van der Waals surface area contributed by atoms with Crippen LogP contribution in [0.15, 0.2) is 16.5 Å². The Hall–Kier alpha value is -1.41. The number of nitrogens with zero attached hydrogens (tertiary/aromatic N) is 2. The number of thiophene rings is 1. The summed E-state index contributed by atoms with van der Waals surface area (Å²) in [5, 5.41) is 15.1. The lowest BCUT2D eigenvalue weighted by Gasteiger charge is -2.32. The van der Waals surface area contributed by atoms with Crippen molar-refractivity contribution in [3.8, 4) is 0 Å². The highest BCUT2D eigenvalue weighted by Gasteiger charge is 2.62. The number of alkyl halides is 3. The summed E-state index contributed by atoms with van der Waals surface area (Å²) in [6.07, 6.45) is -5.70. The van der Waals surface area contributed by atoms with Crippen LogP contribution in [0.25, 0.3) is 0 Å². The van der Waals surface area contributed by atoms with Crippen molar-refractivity contribution in [2.24, 2.45) is 5.10 Å². The van der Waals surface area contributed by atoms with Crippen LogP contribution in [0.3, 0.4) is 0 Å². The fraction of sp³-hybridized carbons (Fsp3) is 0.538. The third kappa shape index (κ3) is 2.69. The van der Waals surface area contributed by atoms with Gasteiger partial charge in [0.2, 0.25) is 0 Å². The Morgan fingerprint density at radius 2 is 2.14 bits per heavy atom. The van der Waals surface area contributed by atoms with Crippen LogP contribution in [-0.2, 0) is 0 Å². The first-order valence-corrected chi connectivity index (χ1v) is 7.20. The van der Waals surface area contributed by atoms with Gasteiger partial charge in [0, 0.05) is 22.4 Å². The molecule has 0 aliphatic carbocycles. The summed E-state index contributed by atoms with van der Waals surface area (Å²) >= 11 is 1.29. The van der Waals surface area contributed by atoms with Gasteiger partial charge in [-0.15, -0.1) is 11.3 Å². The first-order chi connectivity index (χ1) is 9.56. The quantitative estimate of drug-likeness (QED) is 0.908. The lowest BCUT2D eigenvalue weighted by Crippen LogP contribution is -2.56. The van der Waals surface area contributed by atoms with Crippen molar-refractivity contribution in [2.75, 3.05) is 0 Å². The smallest absolute Gasteiger partial charge is 0.362 e. The van der Waals surface area contributed by atoms with E-state index in [1.807, 2.05) is 13.8 Å². The van der Waals surface area contributed by atoms with E-state index in [0.29, 0.717) is 0 Å². The maximum absolute atomic E-state index is 13.1. The van der Waals surface area contributed by atoms with E-state index in [1.54, 1.807) is 0 Å². The van der Waals surface area contributed by atoms with E-state index in [2.05, 4.69) is 5.10 Å². The Morgan fingerprint density at radius 1 is 1.52 bits per heavy atom. The summed E-state index contributed by atoms with van der Waals surface area (Å²) in [6.45, 7) is 5.19. The molecule has 116 valence electrons. The molecule has 8 heteroatoms. The van der Waals surface area contributed by atoms with E-state index in [-0.39, 0.29) is 22.2 Å². The van der Waals surface area contributed by atoms with Crippen LogP contribution < -0.4 is 0 Å². The standard InChI is InChI=1S/C13H15F3N2O2S/c1-7(2)10-4-9(6-21-10)11(19)18-12(20,13(14,15)16)5-8(3)17-18/h4,6-7,20H,5H2,1-3H3/t12-/m1/s1. The Morgan fingerprint density at radius 3 is 2.62 bits per heavy atom. The van der Waals surface area contributed by atoms with Gasteiger partial charge in [0.1, 0.15) is 0 Å². The van der Waals surface area contributed by atoms with E-state index in [0.717, 1.165) is 4.88 Å². The van der Waals surface area contributed by atoms with Crippen molar-refractivity contribution < 1.29 is 23.1 Å². The third-order valence-electron chi connectivity index (χ3n) is 3.21. The molecule has 0 saturated carbocycles. The third-order valence-corrected chi connectivity index (χ3v) is 4.44. The molecule has 1 atom stereocenters. The number of carbonyl (C=O) groups excluding carboxylic acids is 1. The van der Waals surface area contributed by atoms with Crippen LogP contribution in [0.1, 0.15) is 48.3 Å². The SMILES string of the molecule is CC1=NN(C(=O)c2csc(C(C)C)c2)[C@](O)(C(F)(F)F)C1. The molecule has 0 radical (unpaired) electrons. The van der Waals surface area contributed by atoms with Crippen molar-refractivity contribution in [1.29, 1.82) is 0 Å². The summed E-state index contributed by atoms with van der Waals surface area (Å²) in [6, 6.07) is 1.54.